The lowest BCUT2D eigenvalue weighted by molar-refractivity contribution is -0.114. The van der Waals surface area contributed by atoms with Gasteiger partial charge in [0.25, 0.3) is 0 Å². The molecule has 6 aromatic carbocycles. The van der Waals surface area contributed by atoms with Gasteiger partial charge >= 0.3 is 0 Å². The van der Waals surface area contributed by atoms with Crippen LogP contribution in [0.15, 0.2) is 134 Å². The van der Waals surface area contributed by atoms with Gasteiger partial charge in [-0.2, -0.15) is 10.5 Å². The number of ether oxygens (including phenoxy) is 10. The zero-order valence-corrected chi connectivity index (χ0v) is 52.2. The highest BCUT2D eigenvalue weighted by atomic mass is 35.5. The number of pyridine rings is 2. The van der Waals surface area contributed by atoms with Gasteiger partial charge in [0.2, 0.25) is 0 Å². The van der Waals surface area contributed by atoms with E-state index < -0.39 is 11.2 Å². The van der Waals surface area contributed by atoms with Crippen molar-refractivity contribution >= 4 is 56.2 Å². The molecule has 89 heavy (non-hydrogen) atoms. The number of likely N-dealkylation sites (N-methyl/N-ethyl adjacent to an activating group) is 2. The lowest BCUT2D eigenvalue weighted by Gasteiger charge is -2.42. The third-order valence-corrected chi connectivity index (χ3v) is 15.5. The van der Waals surface area contributed by atoms with Gasteiger partial charge in [0.15, 0.2) is 46.0 Å². The number of aliphatic hydroxyl groups is 2. The molecule has 8 aromatic rings. The minimum Gasteiger partial charge on any atom is -0.493 e. The van der Waals surface area contributed by atoms with Gasteiger partial charge < -0.3 is 73.5 Å². The lowest BCUT2D eigenvalue weighted by Crippen LogP contribution is -2.55. The summed E-state index contributed by atoms with van der Waals surface area (Å²) in [4.78, 5) is 11.1. The van der Waals surface area contributed by atoms with Crippen LogP contribution in [0.2, 0.25) is 0 Å². The first-order valence-electron chi connectivity index (χ1n) is 29.1. The van der Waals surface area contributed by atoms with E-state index in [9.17, 15) is 20.7 Å². The fourth-order valence-electron chi connectivity index (χ4n) is 10.1. The van der Waals surface area contributed by atoms with Crippen molar-refractivity contribution in [2.45, 2.75) is 62.8 Å². The number of nitriles is 2. The van der Waals surface area contributed by atoms with Gasteiger partial charge in [-0.3, -0.25) is 14.9 Å². The van der Waals surface area contributed by atoms with E-state index in [4.69, 9.17) is 59.0 Å². The summed E-state index contributed by atoms with van der Waals surface area (Å²) in [6.07, 6.45) is 5.89. The number of fused-ring (bicyclic) bond motifs is 2. The fraction of sp³-hybridized carbons (Fsp3) is 0.353. The van der Waals surface area contributed by atoms with Crippen LogP contribution in [-0.2, 0) is 9.47 Å². The van der Waals surface area contributed by atoms with Crippen molar-refractivity contribution in [3.05, 3.63) is 145 Å². The first kappa shape index (κ1) is 66.1. The normalized spacial score (nSPS) is 17.7. The molecule has 0 aliphatic carbocycles. The quantitative estimate of drug-likeness (QED) is 0.0295. The summed E-state index contributed by atoms with van der Waals surface area (Å²) in [6.45, 7) is 7.74. The van der Waals surface area contributed by atoms with E-state index >= 15 is 0 Å². The molecule has 0 bridgehead atoms. The number of rotatable bonds is 23. The van der Waals surface area contributed by atoms with Crippen molar-refractivity contribution in [2.24, 2.45) is 0 Å². The number of hydrogen-bond donors (Lipinski definition) is 5. The van der Waals surface area contributed by atoms with Gasteiger partial charge in [0, 0.05) is 85.2 Å². The van der Waals surface area contributed by atoms with Gasteiger partial charge in [0.05, 0.1) is 112 Å². The number of benzene rings is 6. The van der Waals surface area contributed by atoms with E-state index in [2.05, 4.69) is 43.0 Å². The van der Waals surface area contributed by atoms with Crippen molar-refractivity contribution in [1.82, 2.24) is 20.2 Å². The standard InChI is InChI=1S/C34H38N4O6.C27H24ClN3O4.C7H15NO2/c1-34(39)14-17-42-22-32(34)38(2)15-7-16-43-31-19-27-26(18-30(31)41-4)33(23(20-35)21-36-27)37-24-10-12-25(13-11-24)44-29-9-6-5-8-28(29)40-3;1-32-23-6-3-4-7-24(23)35-20-10-8-19(9-11-20)31-27-18(16-29)17-30-22-15-26(34-13-5-12-28)25(33-2)14-21(22)27;1-7(9)3-4-10-5-6(7)8-2/h5-6,8-13,18-19,21,32,39H,7,14-17,22H2,1-4H3,(H,36,37);3-4,6-11,14-15,17H,5,12-13H2,1-2H3,(H,30,31);6,8-9H,3-5H2,1-2H3/t32-,34-;;6-,7-/m1.1/s1. The largest absolute Gasteiger partial charge is 0.493 e. The summed E-state index contributed by atoms with van der Waals surface area (Å²) in [6, 6.07) is 41.5. The maximum atomic E-state index is 10.7. The van der Waals surface area contributed by atoms with E-state index in [0.717, 1.165) is 41.5 Å². The molecule has 0 amide bonds. The molecule has 468 valence electrons. The highest BCUT2D eigenvalue weighted by molar-refractivity contribution is 6.17. The van der Waals surface area contributed by atoms with Crippen molar-refractivity contribution in [3.8, 4) is 69.6 Å². The Kier molecular flexibility index (Phi) is 23.7. The second-order valence-corrected chi connectivity index (χ2v) is 21.8. The van der Waals surface area contributed by atoms with Crippen LogP contribution in [-0.4, -0.2) is 143 Å². The highest BCUT2D eigenvalue weighted by Crippen LogP contribution is 2.41. The van der Waals surface area contributed by atoms with Gasteiger partial charge in [-0.15, -0.1) is 11.6 Å². The number of alkyl halides is 1. The molecule has 4 atom stereocenters. The molecule has 2 fully saturated rings. The Balaban J connectivity index is 0.000000202. The van der Waals surface area contributed by atoms with Gasteiger partial charge in [0.1, 0.15) is 23.6 Å². The van der Waals surface area contributed by atoms with E-state index in [-0.39, 0.29) is 12.1 Å². The van der Waals surface area contributed by atoms with Gasteiger partial charge in [-0.05, 0) is 126 Å². The average Bonchev–Trinajstić information content (AvgIpc) is 3.26. The molecule has 10 rings (SSSR count). The molecule has 0 spiro atoms. The number of halogens is 1. The molecule has 0 radical (unpaired) electrons. The molecule has 2 aliphatic rings. The molecule has 2 aromatic heterocycles. The smallest absolute Gasteiger partial charge is 0.169 e. The fourth-order valence-corrected chi connectivity index (χ4v) is 10.2. The van der Waals surface area contributed by atoms with Gasteiger partial charge in [-0.1, -0.05) is 24.3 Å². The van der Waals surface area contributed by atoms with Crippen LogP contribution in [0.1, 0.15) is 50.7 Å². The molecule has 2 aliphatic heterocycles. The number of hydrogen-bond acceptors (Lipinski definition) is 20. The zero-order valence-electron chi connectivity index (χ0n) is 51.4. The molecule has 5 N–H and O–H groups in total. The molecular weight excluding hydrogens is 1160 g/mol. The number of aromatic nitrogens is 2. The topological polar surface area (TPSA) is 245 Å². The highest BCUT2D eigenvalue weighted by Gasteiger charge is 2.38. The summed E-state index contributed by atoms with van der Waals surface area (Å²) in [5.41, 5.74) is 3.56. The third kappa shape index (κ3) is 17.3. The first-order valence-corrected chi connectivity index (χ1v) is 29.7. The number of nitrogens with one attached hydrogen (secondary N) is 3. The minimum absolute atomic E-state index is 0.0630. The molecule has 20 nitrogen and oxygen atoms in total. The molecule has 0 unspecified atom stereocenters. The Hall–Kier alpha value is -8.83. The Morgan fingerprint density at radius 2 is 1.03 bits per heavy atom. The number of anilines is 4. The first-order chi connectivity index (χ1) is 43.1. The van der Waals surface area contributed by atoms with Crippen molar-refractivity contribution in [2.75, 3.05) is 105 Å². The van der Waals surface area contributed by atoms with Crippen LogP contribution < -0.4 is 53.8 Å². The van der Waals surface area contributed by atoms with Crippen LogP contribution in [0.5, 0.6) is 57.5 Å². The monoisotopic (exact) mass is 1230 g/mol. The van der Waals surface area contributed by atoms with E-state index in [1.807, 2.05) is 143 Å². The molecule has 21 heteroatoms. The van der Waals surface area contributed by atoms with Crippen LogP contribution in [0, 0.1) is 22.7 Å². The zero-order chi connectivity index (χ0) is 63.3. The Labute approximate surface area is 524 Å². The Bertz CT molecular complexity index is 3690. The lowest BCUT2D eigenvalue weighted by atomic mass is 9.90. The second kappa shape index (κ2) is 31.9. The van der Waals surface area contributed by atoms with Crippen LogP contribution >= 0.6 is 11.6 Å². The van der Waals surface area contributed by atoms with Gasteiger partial charge in [-0.25, -0.2) is 0 Å². The van der Waals surface area contributed by atoms with Crippen molar-refractivity contribution < 1.29 is 57.6 Å². The number of methoxy groups -OCH3 is 4. The average molecular weight is 1230 g/mol. The van der Waals surface area contributed by atoms with Crippen LogP contribution in [0.3, 0.4) is 0 Å². The molecule has 4 heterocycles. The van der Waals surface area contributed by atoms with E-state index in [1.54, 1.807) is 46.9 Å². The van der Waals surface area contributed by atoms with E-state index in [0.29, 0.717) is 149 Å². The summed E-state index contributed by atoms with van der Waals surface area (Å²) in [7, 11) is 10.2. The molecule has 0 saturated carbocycles. The third-order valence-electron chi connectivity index (χ3n) is 15.3. The predicted octanol–water partition coefficient (Wildman–Crippen LogP) is 12.3. The SMILES string of the molecule is CN[C@@H]1COCC[C@@]1(C)O.COc1cc2c(Nc3ccc(Oc4ccccc4OC)cc3)c(C#N)cnc2cc1OCCCCl.COc1cc2c(Nc3ccc(Oc4ccccc4OC)cc3)c(C#N)cnc2cc1OCCCN(C)[C@@H]1COCC[C@@]1(C)O. The van der Waals surface area contributed by atoms with E-state index in [1.165, 1.54) is 0 Å². The summed E-state index contributed by atoms with van der Waals surface area (Å²) in [5, 5.41) is 51.2. The molecular formula is C68H77ClN8O12. The summed E-state index contributed by atoms with van der Waals surface area (Å²) < 4.78 is 56.6. The second-order valence-electron chi connectivity index (χ2n) is 21.5. The summed E-state index contributed by atoms with van der Waals surface area (Å²) in [5.74, 6) is 6.57. The number of para-hydroxylation sites is 4. The maximum absolute atomic E-state index is 10.7. The Morgan fingerprint density at radius 3 is 1.44 bits per heavy atom. The maximum Gasteiger partial charge on any atom is 0.169 e. The van der Waals surface area contributed by atoms with Crippen LogP contribution in [0.4, 0.5) is 22.7 Å². The number of nitrogens with zero attached hydrogens (tertiary/aromatic N) is 5. The van der Waals surface area contributed by atoms with Crippen LogP contribution in [0.25, 0.3) is 21.8 Å². The van der Waals surface area contributed by atoms with Crippen molar-refractivity contribution in [3.63, 3.8) is 0 Å². The van der Waals surface area contributed by atoms with Crippen molar-refractivity contribution in [1.29, 1.82) is 10.5 Å². The molecule has 2 saturated heterocycles. The Morgan fingerprint density at radius 1 is 0.596 bits per heavy atom. The summed E-state index contributed by atoms with van der Waals surface area (Å²) >= 11 is 5.76. The minimum atomic E-state index is -0.777. The predicted molar refractivity (Wildman–Crippen MR) is 344 cm³/mol.